The quantitative estimate of drug-likeness (QED) is 0.348. The first-order valence-corrected chi connectivity index (χ1v) is 9.97. The van der Waals surface area contributed by atoms with Crippen LogP contribution in [-0.4, -0.2) is 52.8 Å². The zero-order chi connectivity index (χ0) is 17.6. The Balaban J connectivity index is 0.00000312. The first kappa shape index (κ1) is 21.8. The Labute approximate surface area is 166 Å². The Hall–Kier alpha value is -1.23. The Morgan fingerprint density at radius 1 is 1.32 bits per heavy atom. The molecule has 1 aromatic rings. The van der Waals surface area contributed by atoms with Gasteiger partial charge in [0.1, 0.15) is 9.84 Å². The summed E-state index contributed by atoms with van der Waals surface area (Å²) < 4.78 is 33.1. The van der Waals surface area contributed by atoms with Gasteiger partial charge in [0.25, 0.3) is 0 Å². The first-order chi connectivity index (χ1) is 11.4. The second kappa shape index (κ2) is 10.0. The molecule has 1 unspecified atom stereocenters. The summed E-state index contributed by atoms with van der Waals surface area (Å²) in [4.78, 5) is 4.16. The summed E-state index contributed by atoms with van der Waals surface area (Å²) in [6, 6.07) is 5.93. The van der Waals surface area contributed by atoms with Gasteiger partial charge in [-0.25, -0.2) is 8.42 Å². The highest BCUT2D eigenvalue weighted by molar-refractivity contribution is 14.0. The molecule has 0 aromatic heterocycles. The Morgan fingerprint density at radius 2 is 2.04 bits per heavy atom. The number of hydrogen-bond acceptors (Lipinski definition) is 5. The number of sulfone groups is 1. The summed E-state index contributed by atoms with van der Waals surface area (Å²) in [5.74, 6) is 2.39. The second-order valence-corrected chi connectivity index (χ2v) is 8.16. The smallest absolute Gasteiger partial charge is 0.231 e. The molecular weight excluding hydrogens is 457 g/mol. The van der Waals surface area contributed by atoms with Gasteiger partial charge >= 0.3 is 0 Å². The van der Waals surface area contributed by atoms with Crippen molar-refractivity contribution < 1.29 is 17.9 Å². The van der Waals surface area contributed by atoms with Crippen molar-refractivity contribution in [2.24, 2.45) is 4.99 Å². The zero-order valence-electron chi connectivity index (χ0n) is 14.7. The molecule has 1 atom stereocenters. The van der Waals surface area contributed by atoms with Gasteiger partial charge in [0.15, 0.2) is 17.5 Å². The SMILES string of the molecule is CN=C(NCCc1ccc2c(c1)OCO2)NC(C)CCS(C)(=O)=O.I. The highest BCUT2D eigenvalue weighted by Gasteiger charge is 2.13. The molecule has 7 nitrogen and oxygen atoms in total. The van der Waals surface area contributed by atoms with Crippen LogP contribution in [0.2, 0.25) is 0 Å². The van der Waals surface area contributed by atoms with Crippen LogP contribution in [0.15, 0.2) is 23.2 Å². The summed E-state index contributed by atoms with van der Waals surface area (Å²) in [5.41, 5.74) is 1.15. The third kappa shape index (κ3) is 7.68. The number of ether oxygens (including phenoxy) is 2. The van der Waals surface area contributed by atoms with E-state index in [1.807, 2.05) is 25.1 Å². The predicted octanol–water partition coefficient (Wildman–Crippen LogP) is 1.56. The zero-order valence-corrected chi connectivity index (χ0v) is 17.9. The van der Waals surface area contributed by atoms with Gasteiger partial charge in [-0.05, 0) is 37.5 Å². The molecule has 0 spiro atoms. The van der Waals surface area contributed by atoms with Crippen LogP contribution >= 0.6 is 24.0 Å². The second-order valence-electron chi connectivity index (χ2n) is 5.90. The molecule has 0 fully saturated rings. The number of guanidine groups is 1. The Kier molecular flexibility index (Phi) is 8.77. The van der Waals surface area contributed by atoms with Crippen LogP contribution in [0.5, 0.6) is 11.5 Å². The summed E-state index contributed by atoms with van der Waals surface area (Å²) in [7, 11) is -1.25. The lowest BCUT2D eigenvalue weighted by atomic mass is 10.1. The summed E-state index contributed by atoms with van der Waals surface area (Å²) >= 11 is 0. The number of fused-ring (bicyclic) bond motifs is 1. The molecular formula is C16H26IN3O4S. The molecule has 0 saturated carbocycles. The van der Waals surface area contributed by atoms with Gasteiger partial charge in [-0.3, -0.25) is 4.99 Å². The normalized spacial score (nSPS) is 14.6. The van der Waals surface area contributed by atoms with E-state index < -0.39 is 9.84 Å². The summed E-state index contributed by atoms with van der Waals surface area (Å²) in [6.45, 7) is 2.92. The molecule has 0 radical (unpaired) electrons. The standard InChI is InChI=1S/C16H25N3O4S.HI/c1-12(7-9-24(3,20)21)19-16(17-2)18-8-6-13-4-5-14-15(10-13)23-11-22-14;/h4-5,10,12H,6-9,11H2,1-3H3,(H2,17,18,19);1H. The van der Waals surface area contributed by atoms with Crippen LogP contribution < -0.4 is 20.1 Å². The van der Waals surface area contributed by atoms with Crippen LogP contribution in [0.4, 0.5) is 0 Å². The van der Waals surface area contributed by atoms with Crippen molar-refractivity contribution in [3.05, 3.63) is 23.8 Å². The first-order valence-electron chi connectivity index (χ1n) is 7.91. The monoisotopic (exact) mass is 483 g/mol. The largest absolute Gasteiger partial charge is 0.454 e. The fourth-order valence-corrected chi connectivity index (χ4v) is 3.09. The van der Waals surface area contributed by atoms with E-state index in [-0.39, 0.29) is 42.6 Å². The van der Waals surface area contributed by atoms with Crippen LogP contribution in [0.1, 0.15) is 18.9 Å². The van der Waals surface area contributed by atoms with Crippen molar-refractivity contribution in [1.29, 1.82) is 0 Å². The summed E-state index contributed by atoms with van der Waals surface area (Å²) in [6.07, 6.45) is 2.61. The molecule has 0 saturated heterocycles. The van der Waals surface area contributed by atoms with Crippen LogP contribution in [-0.2, 0) is 16.3 Å². The Bertz CT molecular complexity index is 695. The number of rotatable bonds is 7. The van der Waals surface area contributed by atoms with Gasteiger partial charge in [-0.2, -0.15) is 0 Å². The minimum Gasteiger partial charge on any atom is -0.454 e. The molecule has 2 rings (SSSR count). The average molecular weight is 483 g/mol. The van der Waals surface area contributed by atoms with Crippen LogP contribution in [0.3, 0.4) is 0 Å². The number of benzene rings is 1. The number of nitrogens with one attached hydrogen (secondary N) is 2. The van der Waals surface area contributed by atoms with Crippen LogP contribution in [0, 0.1) is 0 Å². The van der Waals surface area contributed by atoms with E-state index >= 15 is 0 Å². The fraction of sp³-hybridized carbons (Fsp3) is 0.562. The van der Waals surface area contributed by atoms with Crippen molar-refractivity contribution in [3.8, 4) is 11.5 Å². The lowest BCUT2D eigenvalue weighted by Gasteiger charge is -2.17. The maximum atomic E-state index is 11.2. The lowest BCUT2D eigenvalue weighted by Crippen LogP contribution is -2.43. The summed E-state index contributed by atoms with van der Waals surface area (Å²) in [5, 5.41) is 6.43. The van der Waals surface area contributed by atoms with E-state index in [0.29, 0.717) is 18.9 Å². The molecule has 2 N–H and O–H groups in total. The highest BCUT2D eigenvalue weighted by atomic mass is 127. The molecule has 0 amide bonds. The maximum Gasteiger partial charge on any atom is 0.231 e. The number of hydrogen-bond donors (Lipinski definition) is 2. The van der Waals surface area contributed by atoms with Gasteiger partial charge in [-0.15, -0.1) is 24.0 Å². The molecule has 1 heterocycles. The molecule has 0 aliphatic carbocycles. The minimum absolute atomic E-state index is 0. The van der Waals surface area contributed by atoms with Crippen LogP contribution in [0.25, 0.3) is 0 Å². The topological polar surface area (TPSA) is 89.0 Å². The van der Waals surface area contributed by atoms with E-state index in [4.69, 9.17) is 9.47 Å². The van der Waals surface area contributed by atoms with E-state index in [0.717, 1.165) is 23.5 Å². The average Bonchev–Trinajstić information content (AvgIpc) is 2.99. The molecule has 25 heavy (non-hydrogen) atoms. The van der Waals surface area contributed by atoms with Gasteiger partial charge in [-0.1, -0.05) is 6.07 Å². The highest BCUT2D eigenvalue weighted by Crippen LogP contribution is 2.32. The molecule has 0 bridgehead atoms. The molecule has 1 aliphatic heterocycles. The maximum absolute atomic E-state index is 11.2. The molecule has 1 aromatic carbocycles. The van der Waals surface area contributed by atoms with Crippen molar-refractivity contribution in [2.75, 3.05) is 32.4 Å². The molecule has 1 aliphatic rings. The molecule has 142 valence electrons. The number of aliphatic imine (C=N–C) groups is 1. The molecule has 9 heteroatoms. The van der Waals surface area contributed by atoms with Gasteiger partial charge in [0.05, 0.1) is 5.75 Å². The van der Waals surface area contributed by atoms with Crippen molar-refractivity contribution in [3.63, 3.8) is 0 Å². The van der Waals surface area contributed by atoms with E-state index in [1.54, 1.807) is 7.05 Å². The van der Waals surface area contributed by atoms with Crippen molar-refractivity contribution in [1.82, 2.24) is 10.6 Å². The van der Waals surface area contributed by atoms with E-state index in [1.165, 1.54) is 6.26 Å². The minimum atomic E-state index is -2.94. The van der Waals surface area contributed by atoms with Crippen molar-refractivity contribution in [2.45, 2.75) is 25.8 Å². The third-order valence-corrected chi connectivity index (χ3v) is 4.65. The Morgan fingerprint density at radius 3 is 2.72 bits per heavy atom. The predicted molar refractivity (Wildman–Crippen MR) is 110 cm³/mol. The number of halogens is 1. The van der Waals surface area contributed by atoms with Gasteiger partial charge in [0.2, 0.25) is 6.79 Å². The van der Waals surface area contributed by atoms with Gasteiger partial charge in [0, 0.05) is 25.9 Å². The van der Waals surface area contributed by atoms with Gasteiger partial charge < -0.3 is 20.1 Å². The lowest BCUT2D eigenvalue weighted by molar-refractivity contribution is 0.174. The van der Waals surface area contributed by atoms with E-state index in [9.17, 15) is 8.42 Å². The van der Waals surface area contributed by atoms with Crippen molar-refractivity contribution >= 4 is 39.8 Å². The fourth-order valence-electron chi connectivity index (χ4n) is 2.31. The number of nitrogens with zero attached hydrogens (tertiary/aromatic N) is 1. The third-order valence-electron chi connectivity index (χ3n) is 3.67. The van der Waals surface area contributed by atoms with E-state index in [2.05, 4.69) is 15.6 Å².